The van der Waals surface area contributed by atoms with Gasteiger partial charge < -0.3 is 15.4 Å². The van der Waals surface area contributed by atoms with Crippen LogP contribution in [0.2, 0.25) is 0 Å². The van der Waals surface area contributed by atoms with E-state index >= 15 is 0 Å². The lowest BCUT2D eigenvalue weighted by Crippen LogP contribution is -2.29. The molecule has 32 heavy (non-hydrogen) atoms. The lowest BCUT2D eigenvalue weighted by molar-refractivity contribution is 0.350. The summed E-state index contributed by atoms with van der Waals surface area (Å²) in [7, 11) is 1.62. The minimum atomic E-state index is 0.413. The molecule has 0 radical (unpaired) electrons. The number of hydrogen-bond acceptors (Lipinski definition) is 9. The van der Waals surface area contributed by atoms with Crippen molar-refractivity contribution in [2.75, 3.05) is 24.3 Å². The number of anilines is 2. The first-order valence-corrected chi connectivity index (χ1v) is 10.8. The molecule has 1 aliphatic rings. The smallest absolute Gasteiger partial charge is 0.240 e. The van der Waals surface area contributed by atoms with E-state index in [2.05, 4.69) is 46.8 Å². The summed E-state index contributed by atoms with van der Waals surface area (Å²) >= 11 is 0. The number of hydrogen-bond donors (Lipinski definition) is 3. The van der Waals surface area contributed by atoms with E-state index in [0.29, 0.717) is 29.6 Å². The molecule has 0 aromatic carbocycles. The topological polar surface area (TPSA) is 126 Å². The Hall–Kier alpha value is -3.82. The second kappa shape index (κ2) is 9.13. The molecule has 10 heteroatoms. The van der Waals surface area contributed by atoms with Crippen LogP contribution in [-0.2, 0) is 0 Å². The highest BCUT2D eigenvalue weighted by atomic mass is 16.5. The van der Waals surface area contributed by atoms with E-state index in [-0.39, 0.29) is 0 Å². The van der Waals surface area contributed by atoms with Crippen LogP contribution in [-0.4, -0.2) is 54.8 Å². The minimum Gasteiger partial charge on any atom is -0.479 e. The molecule has 3 N–H and O–H groups in total. The first kappa shape index (κ1) is 20.1. The quantitative estimate of drug-likeness (QED) is 0.404. The molecule has 0 spiro atoms. The van der Waals surface area contributed by atoms with E-state index in [0.717, 1.165) is 54.5 Å². The van der Waals surface area contributed by atoms with Gasteiger partial charge in [-0.2, -0.15) is 5.10 Å². The normalized spacial score (nSPS) is 18.4. The van der Waals surface area contributed by atoms with E-state index in [9.17, 15) is 0 Å². The van der Waals surface area contributed by atoms with Gasteiger partial charge in [0, 0.05) is 36.6 Å². The van der Waals surface area contributed by atoms with Crippen LogP contribution in [0.1, 0.15) is 25.7 Å². The van der Waals surface area contributed by atoms with Crippen molar-refractivity contribution in [3.8, 4) is 17.3 Å². The molecule has 4 aromatic heterocycles. The van der Waals surface area contributed by atoms with E-state index in [4.69, 9.17) is 9.72 Å². The van der Waals surface area contributed by atoms with Gasteiger partial charge in [-0.05, 0) is 49.8 Å². The molecule has 5 rings (SSSR count). The van der Waals surface area contributed by atoms with E-state index in [1.165, 1.54) is 6.33 Å². The number of nitrogens with zero attached hydrogens (tertiary/aromatic N) is 6. The van der Waals surface area contributed by atoms with Crippen molar-refractivity contribution < 1.29 is 4.74 Å². The Labute approximate surface area is 185 Å². The molecular formula is C22H25N9O. The summed E-state index contributed by atoms with van der Waals surface area (Å²) in [4.78, 5) is 21.8. The van der Waals surface area contributed by atoms with Crippen LogP contribution >= 0.6 is 0 Å². The third kappa shape index (κ3) is 4.43. The van der Waals surface area contributed by atoms with Gasteiger partial charge in [-0.1, -0.05) is 0 Å². The predicted octanol–water partition coefficient (Wildman–Crippen LogP) is 3.30. The number of rotatable bonds is 7. The summed E-state index contributed by atoms with van der Waals surface area (Å²) in [6.45, 7) is 0.867. The number of fused-ring (bicyclic) bond motifs is 1. The number of aromatic nitrogens is 7. The highest BCUT2D eigenvalue weighted by Gasteiger charge is 2.21. The van der Waals surface area contributed by atoms with Crippen molar-refractivity contribution in [1.82, 2.24) is 35.1 Å². The van der Waals surface area contributed by atoms with Crippen LogP contribution in [0.4, 0.5) is 11.8 Å². The Morgan fingerprint density at radius 3 is 2.62 bits per heavy atom. The van der Waals surface area contributed by atoms with Crippen LogP contribution in [0.15, 0.2) is 43.1 Å². The molecule has 0 bridgehead atoms. The van der Waals surface area contributed by atoms with Gasteiger partial charge >= 0.3 is 0 Å². The Bertz CT molecular complexity index is 1160. The number of methoxy groups -OCH3 is 1. The third-order valence-electron chi connectivity index (χ3n) is 5.86. The molecule has 164 valence electrons. The maximum absolute atomic E-state index is 5.35. The Morgan fingerprint density at radius 2 is 1.88 bits per heavy atom. The average Bonchev–Trinajstić information content (AvgIpc) is 3.39. The summed E-state index contributed by atoms with van der Waals surface area (Å²) in [5, 5.41) is 14.6. The van der Waals surface area contributed by atoms with Crippen LogP contribution in [0, 0.1) is 5.92 Å². The summed E-state index contributed by atoms with van der Waals surface area (Å²) < 4.78 is 5.35. The van der Waals surface area contributed by atoms with Crippen molar-refractivity contribution in [2.45, 2.75) is 31.7 Å². The average molecular weight is 432 g/mol. The number of pyridine rings is 2. The van der Waals surface area contributed by atoms with Crippen molar-refractivity contribution in [3.05, 3.63) is 43.1 Å². The van der Waals surface area contributed by atoms with Gasteiger partial charge in [-0.15, -0.1) is 0 Å². The fourth-order valence-electron chi connectivity index (χ4n) is 4.09. The molecule has 4 aromatic rings. The standard InChI is InChI=1S/C22H25N9O/c1-32-21-19-15(8-9-23-21)4-7-18(30-19)29-17-5-2-14(3-6-17)10-24-22-25-11-16(12-26-22)20-27-13-28-31-20/h4,7-9,11-14,17H,2-3,5-6,10H2,1H3,(H,29,30)(H,24,25,26)(H,27,28,31). The van der Waals surface area contributed by atoms with Gasteiger partial charge in [0.2, 0.25) is 11.8 Å². The molecule has 0 unspecified atom stereocenters. The van der Waals surface area contributed by atoms with Gasteiger partial charge in [-0.3, -0.25) is 5.10 Å². The van der Waals surface area contributed by atoms with Gasteiger partial charge in [0.05, 0.1) is 12.7 Å². The van der Waals surface area contributed by atoms with Crippen LogP contribution in [0.25, 0.3) is 22.3 Å². The second-order valence-corrected chi connectivity index (χ2v) is 7.96. The SMILES string of the molecule is COc1nccc2ccc(NC3CCC(CNc4ncc(-c5ncn[nH]5)cn4)CC3)nc12. The highest BCUT2D eigenvalue weighted by molar-refractivity contribution is 5.84. The van der Waals surface area contributed by atoms with Crippen molar-refractivity contribution in [1.29, 1.82) is 0 Å². The van der Waals surface area contributed by atoms with Gasteiger partial charge in [-0.25, -0.2) is 24.9 Å². The molecule has 1 saturated carbocycles. The number of aromatic amines is 1. The molecule has 0 saturated heterocycles. The molecule has 4 heterocycles. The number of nitrogens with one attached hydrogen (secondary N) is 3. The Balaban J connectivity index is 1.12. The van der Waals surface area contributed by atoms with E-state index in [1.54, 1.807) is 25.7 Å². The summed E-state index contributed by atoms with van der Waals surface area (Å²) in [6, 6.07) is 6.43. The van der Waals surface area contributed by atoms with Crippen molar-refractivity contribution in [2.24, 2.45) is 5.92 Å². The monoisotopic (exact) mass is 431 g/mol. The van der Waals surface area contributed by atoms with Gasteiger partial charge in [0.15, 0.2) is 5.82 Å². The van der Waals surface area contributed by atoms with Crippen LogP contribution < -0.4 is 15.4 Å². The van der Waals surface area contributed by atoms with Crippen LogP contribution in [0.5, 0.6) is 5.88 Å². The third-order valence-corrected chi connectivity index (χ3v) is 5.86. The fraction of sp³-hybridized carbons (Fsp3) is 0.364. The fourth-order valence-corrected chi connectivity index (χ4v) is 4.09. The van der Waals surface area contributed by atoms with Gasteiger partial charge in [0.1, 0.15) is 17.7 Å². The van der Waals surface area contributed by atoms with Crippen LogP contribution in [0.3, 0.4) is 0 Å². The summed E-state index contributed by atoms with van der Waals surface area (Å²) in [6.07, 6.45) is 11.2. The highest BCUT2D eigenvalue weighted by Crippen LogP contribution is 2.28. The molecule has 0 aliphatic heterocycles. The number of H-pyrrole nitrogens is 1. The lowest BCUT2D eigenvalue weighted by atomic mass is 9.86. The maximum atomic E-state index is 5.35. The van der Waals surface area contributed by atoms with Crippen molar-refractivity contribution >= 4 is 22.7 Å². The largest absolute Gasteiger partial charge is 0.479 e. The second-order valence-electron chi connectivity index (χ2n) is 7.96. The number of ether oxygens (including phenoxy) is 1. The Morgan fingerprint density at radius 1 is 1.03 bits per heavy atom. The molecule has 10 nitrogen and oxygen atoms in total. The molecule has 1 aliphatic carbocycles. The predicted molar refractivity (Wildman–Crippen MR) is 121 cm³/mol. The summed E-state index contributed by atoms with van der Waals surface area (Å²) in [5.74, 6) is 3.32. The maximum Gasteiger partial charge on any atom is 0.240 e. The first-order chi connectivity index (χ1) is 15.8. The lowest BCUT2D eigenvalue weighted by Gasteiger charge is -2.29. The minimum absolute atomic E-state index is 0.413. The Kier molecular flexibility index (Phi) is 5.73. The van der Waals surface area contributed by atoms with E-state index < -0.39 is 0 Å². The van der Waals surface area contributed by atoms with Crippen molar-refractivity contribution in [3.63, 3.8) is 0 Å². The zero-order valence-corrected chi connectivity index (χ0v) is 17.8. The zero-order chi connectivity index (χ0) is 21.8. The molecule has 1 fully saturated rings. The van der Waals surface area contributed by atoms with E-state index in [1.807, 2.05) is 12.1 Å². The van der Waals surface area contributed by atoms with Gasteiger partial charge in [0.25, 0.3) is 0 Å². The molecular weight excluding hydrogens is 406 g/mol. The first-order valence-electron chi connectivity index (χ1n) is 10.8. The molecule has 0 atom stereocenters. The summed E-state index contributed by atoms with van der Waals surface area (Å²) in [5.41, 5.74) is 1.60. The zero-order valence-electron chi connectivity index (χ0n) is 17.8. The molecule has 0 amide bonds.